The van der Waals surface area contributed by atoms with E-state index in [0.29, 0.717) is 12.2 Å². The van der Waals surface area contributed by atoms with E-state index in [0.717, 1.165) is 23.1 Å². The summed E-state index contributed by atoms with van der Waals surface area (Å²) in [4.78, 5) is 13.5. The van der Waals surface area contributed by atoms with Crippen LogP contribution >= 0.6 is 15.9 Å². The van der Waals surface area contributed by atoms with E-state index >= 15 is 0 Å². The average molecular weight is 328 g/mol. The third kappa shape index (κ3) is 3.09. The van der Waals surface area contributed by atoms with Crippen molar-refractivity contribution in [2.45, 2.75) is 32.4 Å². The second kappa shape index (κ2) is 5.92. The number of ether oxygens (including phenoxy) is 1. The van der Waals surface area contributed by atoms with Crippen LogP contribution in [0.4, 0.5) is 5.69 Å². The summed E-state index contributed by atoms with van der Waals surface area (Å²) < 4.78 is 6.55. The van der Waals surface area contributed by atoms with Crippen molar-refractivity contribution in [1.29, 1.82) is 0 Å². The van der Waals surface area contributed by atoms with Crippen LogP contribution < -0.4 is 4.90 Å². The van der Waals surface area contributed by atoms with Crippen molar-refractivity contribution in [1.82, 2.24) is 0 Å². The monoisotopic (exact) mass is 327 g/mol. The van der Waals surface area contributed by atoms with Crippen LogP contribution in [0, 0.1) is 0 Å². The number of halogens is 1. The van der Waals surface area contributed by atoms with E-state index in [4.69, 9.17) is 4.74 Å². The van der Waals surface area contributed by atoms with Gasteiger partial charge in [-0.15, -0.1) is 0 Å². The molecule has 0 spiro atoms. The van der Waals surface area contributed by atoms with E-state index in [1.165, 1.54) is 0 Å². The van der Waals surface area contributed by atoms with Crippen molar-refractivity contribution in [2.24, 2.45) is 0 Å². The molecule has 2 unspecified atom stereocenters. The van der Waals surface area contributed by atoms with Crippen molar-refractivity contribution < 1.29 is 14.6 Å². The molecule has 0 radical (unpaired) electrons. The van der Waals surface area contributed by atoms with Crippen molar-refractivity contribution in [3.63, 3.8) is 0 Å². The number of morpholine rings is 1. The summed E-state index contributed by atoms with van der Waals surface area (Å²) in [7, 11) is 0. The molecule has 0 aliphatic carbocycles. The molecule has 2 atom stereocenters. The summed E-state index contributed by atoms with van der Waals surface area (Å²) in [6.07, 6.45) is 1.04. The van der Waals surface area contributed by atoms with Gasteiger partial charge in [-0.1, -0.05) is 22.9 Å². The lowest BCUT2D eigenvalue weighted by molar-refractivity contribution is 0.0297. The normalized spacial score (nSPS) is 23.4. The summed E-state index contributed by atoms with van der Waals surface area (Å²) in [5.74, 6) is -0.892. The third-order valence-electron chi connectivity index (χ3n) is 3.44. The first kappa shape index (κ1) is 14.3. The van der Waals surface area contributed by atoms with Crippen LogP contribution in [0.5, 0.6) is 0 Å². The van der Waals surface area contributed by atoms with Gasteiger partial charge in [0.25, 0.3) is 0 Å². The first-order valence-corrected chi connectivity index (χ1v) is 7.23. The molecule has 2 rings (SSSR count). The van der Waals surface area contributed by atoms with Gasteiger partial charge in [0.15, 0.2) is 0 Å². The van der Waals surface area contributed by atoms with Crippen LogP contribution in [0.25, 0.3) is 0 Å². The summed E-state index contributed by atoms with van der Waals surface area (Å²) >= 11 is 3.42. The van der Waals surface area contributed by atoms with Gasteiger partial charge in [-0.05, 0) is 31.5 Å². The largest absolute Gasteiger partial charge is 0.478 e. The number of carbonyl (C=O) groups is 1. The molecule has 1 heterocycles. The van der Waals surface area contributed by atoms with Gasteiger partial charge in [-0.25, -0.2) is 4.79 Å². The number of carboxylic acids is 1. The topological polar surface area (TPSA) is 49.8 Å². The van der Waals surface area contributed by atoms with Gasteiger partial charge in [0.1, 0.15) is 0 Å². The molecule has 1 N–H and O–H groups in total. The molecule has 1 fully saturated rings. The van der Waals surface area contributed by atoms with Crippen LogP contribution in [0.15, 0.2) is 22.7 Å². The van der Waals surface area contributed by atoms with Crippen LogP contribution in [0.3, 0.4) is 0 Å². The molecular formula is C14H18BrNO3. The summed E-state index contributed by atoms with van der Waals surface area (Å²) in [6.45, 7) is 5.46. The highest BCUT2D eigenvalue weighted by Gasteiger charge is 2.28. The Hall–Kier alpha value is -1.07. The van der Waals surface area contributed by atoms with Gasteiger partial charge in [0.2, 0.25) is 0 Å². The summed E-state index contributed by atoms with van der Waals surface area (Å²) in [5.41, 5.74) is 1.11. The lowest BCUT2D eigenvalue weighted by Crippen LogP contribution is -2.49. The fourth-order valence-corrected chi connectivity index (χ4v) is 2.75. The zero-order valence-electron chi connectivity index (χ0n) is 11.1. The molecule has 1 aliphatic heterocycles. The van der Waals surface area contributed by atoms with Crippen molar-refractivity contribution in [2.75, 3.05) is 18.1 Å². The number of hydrogen-bond acceptors (Lipinski definition) is 3. The fourth-order valence-electron chi connectivity index (χ4n) is 2.40. The van der Waals surface area contributed by atoms with E-state index in [-0.39, 0.29) is 12.1 Å². The van der Waals surface area contributed by atoms with Crippen molar-refractivity contribution in [3.05, 3.63) is 28.2 Å². The Bertz CT molecular complexity index is 478. The smallest absolute Gasteiger partial charge is 0.337 e. The van der Waals surface area contributed by atoms with E-state index in [9.17, 15) is 9.90 Å². The first-order chi connectivity index (χ1) is 9.02. The minimum Gasteiger partial charge on any atom is -0.478 e. The lowest BCUT2D eigenvalue weighted by Gasteiger charge is -2.40. The highest BCUT2D eigenvalue weighted by atomic mass is 79.9. The Morgan fingerprint density at radius 1 is 1.58 bits per heavy atom. The van der Waals surface area contributed by atoms with Crippen molar-refractivity contribution in [3.8, 4) is 0 Å². The Labute approximate surface area is 121 Å². The maximum absolute atomic E-state index is 11.4. The predicted octanol–water partition coefficient (Wildman–Crippen LogP) is 3.15. The molecule has 5 heteroatoms. The van der Waals surface area contributed by atoms with Gasteiger partial charge in [-0.3, -0.25) is 0 Å². The molecule has 1 saturated heterocycles. The molecule has 0 amide bonds. The number of anilines is 1. The number of hydrogen-bond donors (Lipinski definition) is 1. The molecule has 0 aromatic heterocycles. The number of benzene rings is 1. The van der Waals surface area contributed by atoms with E-state index in [1.807, 2.05) is 13.0 Å². The van der Waals surface area contributed by atoms with E-state index < -0.39 is 5.97 Å². The van der Waals surface area contributed by atoms with E-state index in [1.54, 1.807) is 12.1 Å². The van der Waals surface area contributed by atoms with Crippen LogP contribution in [-0.4, -0.2) is 36.4 Å². The molecule has 1 aromatic rings. The SMILES string of the molecule is CCC1COC(C)CN1c1cc(Br)ccc1C(=O)O. The third-order valence-corrected chi connectivity index (χ3v) is 3.93. The van der Waals surface area contributed by atoms with Crippen LogP contribution in [0.2, 0.25) is 0 Å². The molecule has 1 aliphatic rings. The average Bonchev–Trinajstić information content (AvgIpc) is 2.38. The molecule has 19 heavy (non-hydrogen) atoms. The maximum Gasteiger partial charge on any atom is 0.337 e. The second-order valence-corrected chi connectivity index (χ2v) is 5.74. The van der Waals surface area contributed by atoms with Crippen LogP contribution in [-0.2, 0) is 4.74 Å². The van der Waals surface area contributed by atoms with Gasteiger partial charge in [-0.2, -0.15) is 0 Å². The zero-order chi connectivity index (χ0) is 14.0. The number of nitrogens with zero attached hydrogens (tertiary/aromatic N) is 1. The molecule has 1 aromatic carbocycles. The summed E-state index contributed by atoms with van der Waals surface area (Å²) in [5, 5.41) is 9.34. The zero-order valence-corrected chi connectivity index (χ0v) is 12.7. The van der Waals surface area contributed by atoms with Crippen LogP contribution in [0.1, 0.15) is 30.6 Å². The molecule has 104 valence electrons. The van der Waals surface area contributed by atoms with Gasteiger partial charge >= 0.3 is 5.97 Å². The highest BCUT2D eigenvalue weighted by Crippen LogP contribution is 2.30. The van der Waals surface area contributed by atoms with Gasteiger partial charge < -0.3 is 14.7 Å². The lowest BCUT2D eigenvalue weighted by atomic mass is 10.1. The quantitative estimate of drug-likeness (QED) is 0.926. The number of aromatic carboxylic acids is 1. The maximum atomic E-state index is 11.4. The van der Waals surface area contributed by atoms with E-state index in [2.05, 4.69) is 27.8 Å². The van der Waals surface area contributed by atoms with Gasteiger partial charge in [0.05, 0.1) is 30.0 Å². The van der Waals surface area contributed by atoms with Gasteiger partial charge in [0, 0.05) is 11.0 Å². The number of rotatable bonds is 3. The predicted molar refractivity (Wildman–Crippen MR) is 77.9 cm³/mol. The minimum atomic E-state index is -0.892. The molecule has 0 bridgehead atoms. The minimum absolute atomic E-state index is 0.114. The Morgan fingerprint density at radius 2 is 2.32 bits per heavy atom. The standard InChI is InChI=1S/C14H18BrNO3/c1-3-11-8-19-9(2)7-16(11)13-6-10(15)4-5-12(13)14(17)18/h4-6,9,11H,3,7-8H2,1-2H3,(H,17,18). The molecule has 0 saturated carbocycles. The first-order valence-electron chi connectivity index (χ1n) is 6.44. The Morgan fingerprint density at radius 3 is 2.95 bits per heavy atom. The summed E-state index contributed by atoms with van der Waals surface area (Å²) in [6, 6.07) is 5.51. The Balaban J connectivity index is 2.42. The fraction of sp³-hybridized carbons (Fsp3) is 0.500. The second-order valence-electron chi connectivity index (χ2n) is 4.83. The molecular weight excluding hydrogens is 310 g/mol. The Kier molecular flexibility index (Phi) is 4.47. The molecule has 4 nitrogen and oxygen atoms in total. The van der Waals surface area contributed by atoms with Crippen molar-refractivity contribution >= 4 is 27.6 Å². The highest BCUT2D eigenvalue weighted by molar-refractivity contribution is 9.10. The number of carboxylic acid groups (broad SMARTS) is 1.